The first-order valence-electron chi connectivity index (χ1n) is 15.8. The number of allylic oxidation sites excluding steroid dienone is 1. The van der Waals surface area contributed by atoms with Gasteiger partial charge in [-0.3, -0.25) is 0 Å². The Hall–Kier alpha value is -3.55. The fourth-order valence-electron chi connectivity index (χ4n) is 9.47. The molecular weight excluding hydrogens is 565 g/mol. The molecule has 0 spiro atoms. The zero-order valence-corrected chi connectivity index (χ0v) is 25.1. The van der Waals surface area contributed by atoms with Gasteiger partial charge >= 0.3 is 11.9 Å². The molecule has 0 amide bonds. The third-order valence-electron chi connectivity index (χ3n) is 11.7. The van der Waals surface area contributed by atoms with E-state index in [-0.39, 0.29) is 41.1 Å². The molecule has 1 aromatic carbocycles. The minimum atomic E-state index is -0.655. The van der Waals surface area contributed by atoms with Crippen molar-refractivity contribution in [3.8, 4) is 11.8 Å². The number of aromatic nitrogens is 2. The highest BCUT2D eigenvalue weighted by molar-refractivity contribution is 5.78. The van der Waals surface area contributed by atoms with Crippen LogP contribution in [0.5, 0.6) is 0 Å². The molecule has 4 fully saturated rings. The first-order chi connectivity index (χ1) is 21.1. The molecular formula is C34H38FN3O6. The summed E-state index contributed by atoms with van der Waals surface area (Å²) >= 11 is 0. The van der Waals surface area contributed by atoms with Gasteiger partial charge in [-0.25, -0.2) is 28.4 Å². The Morgan fingerprint density at radius 2 is 1.93 bits per heavy atom. The van der Waals surface area contributed by atoms with Crippen LogP contribution in [0.1, 0.15) is 81.3 Å². The maximum absolute atomic E-state index is 14.2. The van der Waals surface area contributed by atoms with Gasteiger partial charge in [0.15, 0.2) is 0 Å². The topological polar surface area (TPSA) is 135 Å². The maximum atomic E-state index is 14.2. The zero-order chi connectivity index (χ0) is 31.0. The summed E-state index contributed by atoms with van der Waals surface area (Å²) in [5.74, 6) is -1.73. The van der Waals surface area contributed by atoms with Crippen LogP contribution in [-0.4, -0.2) is 38.0 Å². The van der Waals surface area contributed by atoms with Crippen molar-refractivity contribution >= 4 is 18.0 Å². The zero-order valence-electron chi connectivity index (χ0n) is 25.1. The highest BCUT2D eigenvalue weighted by atomic mass is 19.1. The molecule has 0 radical (unpaired) electrons. The number of carbonyl (C=O) groups is 2. The molecule has 7 rings (SSSR count). The number of hydrogen-bond donors (Lipinski definition) is 2. The molecule has 44 heavy (non-hydrogen) atoms. The summed E-state index contributed by atoms with van der Waals surface area (Å²) in [5.41, 5.74) is 3.66. The van der Waals surface area contributed by atoms with Gasteiger partial charge in [-0.1, -0.05) is 19.4 Å². The lowest BCUT2D eigenvalue weighted by molar-refractivity contribution is -0.266. The molecule has 7 atom stereocenters. The second-order valence-electron chi connectivity index (χ2n) is 14.1. The fourth-order valence-corrected chi connectivity index (χ4v) is 9.47. The standard InChI is InChI=1S/C34H38FN3O6/c1-33-15-23-27(11-12-36)37-38(21-6-10-26(35)19(13-21)17-39)28(23)14-20(33)5-7-22-24-8-9-25(34(24,2)16-29(40)30(22)33)32(42)44-43-31(41)18-3-4-18/h6,10,13-14,18,22,24-25,29-30,39-40H,3-5,7-9,11,15-17H2,1-2H3/t22-,24-,25-,29-,30+,33-,34-/m0/s1. The molecule has 5 aliphatic carbocycles. The van der Waals surface area contributed by atoms with Crippen LogP contribution in [0.2, 0.25) is 0 Å². The lowest BCUT2D eigenvalue weighted by Crippen LogP contribution is -2.57. The van der Waals surface area contributed by atoms with E-state index in [1.165, 1.54) is 11.6 Å². The van der Waals surface area contributed by atoms with Crippen LogP contribution in [0.25, 0.3) is 11.8 Å². The smallest absolute Gasteiger partial charge is 0.359 e. The van der Waals surface area contributed by atoms with Gasteiger partial charge in [0.25, 0.3) is 0 Å². The van der Waals surface area contributed by atoms with Crippen molar-refractivity contribution in [1.82, 2.24) is 9.78 Å². The number of carbonyl (C=O) groups excluding carboxylic acids is 2. The average Bonchev–Trinajstić information content (AvgIpc) is 3.72. The van der Waals surface area contributed by atoms with E-state index in [0.717, 1.165) is 43.4 Å². The van der Waals surface area contributed by atoms with E-state index < -0.39 is 41.8 Å². The molecule has 10 heteroatoms. The normalized spacial score (nSPS) is 33.6. The molecule has 0 aliphatic heterocycles. The first kappa shape index (κ1) is 29.2. The summed E-state index contributed by atoms with van der Waals surface area (Å²) in [5, 5.41) is 36.0. The van der Waals surface area contributed by atoms with Gasteiger partial charge in [0.05, 0.1) is 54.1 Å². The number of fused-ring (bicyclic) bond motifs is 6. The van der Waals surface area contributed by atoms with Crippen LogP contribution in [0.3, 0.4) is 0 Å². The van der Waals surface area contributed by atoms with Crippen molar-refractivity contribution in [2.45, 2.75) is 84.3 Å². The van der Waals surface area contributed by atoms with E-state index >= 15 is 0 Å². The number of nitrogens with zero attached hydrogens (tertiary/aromatic N) is 3. The Morgan fingerprint density at radius 3 is 2.66 bits per heavy atom. The molecule has 2 aromatic rings. The van der Waals surface area contributed by atoms with Gasteiger partial charge in [-0.2, -0.15) is 10.4 Å². The summed E-state index contributed by atoms with van der Waals surface area (Å²) in [6, 6.07) is 6.77. The van der Waals surface area contributed by atoms with E-state index in [9.17, 15) is 29.5 Å². The molecule has 9 nitrogen and oxygen atoms in total. The predicted molar refractivity (Wildman–Crippen MR) is 155 cm³/mol. The molecule has 0 saturated heterocycles. The van der Waals surface area contributed by atoms with Gasteiger partial charge in [-0.05, 0) is 104 Å². The number of aliphatic hydroxyl groups excluding tert-OH is 2. The second kappa shape index (κ2) is 10.5. The second-order valence-corrected chi connectivity index (χ2v) is 14.1. The van der Waals surface area contributed by atoms with E-state index in [2.05, 4.69) is 26.0 Å². The van der Waals surface area contributed by atoms with Gasteiger partial charge < -0.3 is 10.2 Å². The maximum Gasteiger partial charge on any atom is 0.359 e. The predicted octanol–water partition coefficient (Wildman–Crippen LogP) is 4.75. The third-order valence-corrected chi connectivity index (χ3v) is 11.7. The van der Waals surface area contributed by atoms with Crippen molar-refractivity contribution in [3.63, 3.8) is 0 Å². The minimum Gasteiger partial charge on any atom is -0.393 e. The molecule has 0 bridgehead atoms. The van der Waals surface area contributed by atoms with Crippen molar-refractivity contribution in [2.24, 2.45) is 40.4 Å². The molecule has 1 aromatic heterocycles. The number of hydrogen-bond acceptors (Lipinski definition) is 8. The Morgan fingerprint density at radius 1 is 1.16 bits per heavy atom. The van der Waals surface area contributed by atoms with Crippen LogP contribution in [0.15, 0.2) is 23.8 Å². The number of nitriles is 1. The molecule has 0 unspecified atom stereocenters. The van der Waals surface area contributed by atoms with Crippen molar-refractivity contribution in [3.05, 3.63) is 52.1 Å². The van der Waals surface area contributed by atoms with E-state index in [0.29, 0.717) is 30.6 Å². The van der Waals surface area contributed by atoms with Crippen LogP contribution >= 0.6 is 0 Å². The average molecular weight is 604 g/mol. The van der Waals surface area contributed by atoms with E-state index in [1.807, 2.05) is 0 Å². The Labute approximate surface area is 255 Å². The van der Waals surface area contributed by atoms with Gasteiger partial charge in [0.2, 0.25) is 0 Å². The number of benzene rings is 1. The Kier molecular flexibility index (Phi) is 6.98. The van der Waals surface area contributed by atoms with Crippen molar-refractivity contribution < 1.29 is 34.0 Å². The fraction of sp³-hybridized carbons (Fsp3) is 0.588. The van der Waals surface area contributed by atoms with Crippen LogP contribution in [0.4, 0.5) is 4.39 Å². The summed E-state index contributed by atoms with van der Waals surface area (Å²) < 4.78 is 15.9. The highest BCUT2D eigenvalue weighted by Gasteiger charge is 2.64. The molecule has 4 saturated carbocycles. The van der Waals surface area contributed by atoms with Crippen LogP contribution in [0, 0.1) is 57.6 Å². The molecule has 1 heterocycles. The van der Waals surface area contributed by atoms with Crippen molar-refractivity contribution in [2.75, 3.05) is 0 Å². The summed E-state index contributed by atoms with van der Waals surface area (Å²) in [4.78, 5) is 35.1. The summed E-state index contributed by atoms with van der Waals surface area (Å²) in [6.07, 6.45) is 7.39. The largest absolute Gasteiger partial charge is 0.393 e. The summed E-state index contributed by atoms with van der Waals surface area (Å²) in [7, 11) is 0. The van der Waals surface area contributed by atoms with Crippen molar-refractivity contribution in [1.29, 1.82) is 5.26 Å². The number of rotatable bonds is 5. The SMILES string of the molecule is C[C@]12C[C@H](O)[C@H]3[C@@H](CCC4=Cc5c(c(CC#N)nn5-c5ccc(F)c(CO)c5)C[C@@]43C)[C@@H]1CC[C@H]2C(=O)OOC(=O)C1CC1. The third kappa shape index (κ3) is 4.42. The van der Waals surface area contributed by atoms with Gasteiger partial charge in [0, 0.05) is 11.1 Å². The summed E-state index contributed by atoms with van der Waals surface area (Å²) in [6.45, 7) is 3.88. The molecule has 5 aliphatic rings. The monoisotopic (exact) mass is 603 g/mol. The molecule has 232 valence electrons. The quantitative estimate of drug-likeness (QED) is 0.369. The molecule has 2 N–H and O–H groups in total. The van der Waals surface area contributed by atoms with E-state index in [1.54, 1.807) is 16.8 Å². The number of halogens is 1. The highest BCUT2D eigenvalue weighted by Crippen LogP contribution is 2.67. The first-order valence-corrected chi connectivity index (χ1v) is 15.8. The van der Waals surface area contributed by atoms with Crippen LogP contribution < -0.4 is 0 Å². The minimum absolute atomic E-state index is 0.0405. The Balaban J connectivity index is 1.19. The van der Waals surface area contributed by atoms with Crippen LogP contribution in [-0.2, 0) is 38.8 Å². The Bertz CT molecular complexity index is 1610. The van der Waals surface area contributed by atoms with Gasteiger partial charge in [-0.15, -0.1) is 0 Å². The lowest BCUT2D eigenvalue weighted by Gasteiger charge is -2.59. The van der Waals surface area contributed by atoms with Gasteiger partial charge in [0.1, 0.15) is 5.82 Å². The van der Waals surface area contributed by atoms with E-state index in [4.69, 9.17) is 14.9 Å². The lowest BCUT2D eigenvalue weighted by atomic mass is 9.46. The number of aliphatic hydroxyl groups is 2.